The summed E-state index contributed by atoms with van der Waals surface area (Å²) in [5, 5.41) is 10.5. The summed E-state index contributed by atoms with van der Waals surface area (Å²) in [4.78, 5) is 11.6. The number of hydrogen-bond acceptors (Lipinski definition) is 2. The van der Waals surface area contributed by atoms with Crippen LogP contribution in [0.4, 0.5) is 0 Å². The van der Waals surface area contributed by atoms with Gasteiger partial charge in [0, 0.05) is 17.1 Å². The van der Waals surface area contributed by atoms with Gasteiger partial charge in [-0.2, -0.15) is 0 Å². The van der Waals surface area contributed by atoms with Gasteiger partial charge in [-0.15, -0.1) is 0 Å². The van der Waals surface area contributed by atoms with E-state index in [1.54, 1.807) is 6.07 Å². The lowest BCUT2D eigenvalue weighted by Crippen LogP contribution is -2.08. The molecule has 0 aliphatic rings. The van der Waals surface area contributed by atoms with Crippen LogP contribution < -0.4 is 5.73 Å². The van der Waals surface area contributed by atoms with Crippen molar-refractivity contribution in [2.75, 3.05) is 6.54 Å². The predicted octanol–water partition coefficient (Wildman–Crippen LogP) is 3.04. The van der Waals surface area contributed by atoms with Gasteiger partial charge in [-0.3, -0.25) is 0 Å². The molecule has 2 aromatic rings. The fourth-order valence-electron chi connectivity index (χ4n) is 3.04. The van der Waals surface area contributed by atoms with Crippen LogP contribution in [0.15, 0.2) is 12.1 Å². The van der Waals surface area contributed by atoms with Crippen molar-refractivity contribution < 1.29 is 9.90 Å². The Hall–Kier alpha value is -1.81. The summed E-state index contributed by atoms with van der Waals surface area (Å²) >= 11 is 0. The zero-order valence-corrected chi connectivity index (χ0v) is 12.5. The first-order chi connectivity index (χ1) is 9.38. The lowest BCUT2D eigenvalue weighted by Gasteiger charge is -2.14. The van der Waals surface area contributed by atoms with Gasteiger partial charge in [-0.25, -0.2) is 4.79 Å². The summed E-state index contributed by atoms with van der Waals surface area (Å²) in [5.41, 5.74) is 10.2. The second-order valence-electron chi connectivity index (χ2n) is 5.58. The average Bonchev–Trinajstić information content (AvgIpc) is 2.62. The number of nitrogens with two attached hydrogens (primary N) is 1. The van der Waals surface area contributed by atoms with Gasteiger partial charge in [0.1, 0.15) is 0 Å². The summed E-state index contributed by atoms with van der Waals surface area (Å²) in [6, 6.07) is 4.03. The fourth-order valence-corrected chi connectivity index (χ4v) is 3.04. The maximum absolute atomic E-state index is 11.6. The monoisotopic (exact) mass is 274 g/mol. The van der Waals surface area contributed by atoms with Gasteiger partial charge in [0.25, 0.3) is 0 Å². The zero-order chi connectivity index (χ0) is 15.0. The molecule has 0 radical (unpaired) electrons. The summed E-state index contributed by atoms with van der Waals surface area (Å²) in [6.45, 7) is 8.69. The predicted molar refractivity (Wildman–Crippen MR) is 81.5 cm³/mol. The van der Waals surface area contributed by atoms with Crippen molar-refractivity contribution in [1.82, 2.24) is 4.57 Å². The van der Waals surface area contributed by atoms with Gasteiger partial charge in [0.15, 0.2) is 0 Å². The molecular formula is C16H22N2O2. The molecule has 4 nitrogen and oxygen atoms in total. The number of carboxylic acid groups (broad SMARTS) is 1. The molecule has 2 rings (SSSR count). The first kappa shape index (κ1) is 14.6. The third kappa shape index (κ3) is 2.20. The SMILES string of the molecule is Cc1cc(C(=O)O)c2c(c1)c(CCN)c(C)n2C(C)C. The molecule has 0 spiro atoms. The molecule has 0 fully saturated rings. The van der Waals surface area contributed by atoms with E-state index < -0.39 is 5.97 Å². The topological polar surface area (TPSA) is 68.2 Å². The number of rotatable bonds is 4. The van der Waals surface area contributed by atoms with E-state index in [4.69, 9.17) is 5.73 Å². The second-order valence-corrected chi connectivity index (χ2v) is 5.58. The Bertz CT molecular complexity index is 669. The number of aromatic nitrogens is 1. The van der Waals surface area contributed by atoms with Crippen molar-refractivity contribution in [3.8, 4) is 0 Å². The molecule has 0 unspecified atom stereocenters. The average molecular weight is 274 g/mol. The third-order valence-electron chi connectivity index (χ3n) is 3.76. The molecule has 0 saturated carbocycles. The molecule has 0 aliphatic heterocycles. The number of fused-ring (bicyclic) bond motifs is 1. The number of aryl methyl sites for hydroxylation is 1. The van der Waals surface area contributed by atoms with Gasteiger partial charge in [-0.1, -0.05) is 0 Å². The largest absolute Gasteiger partial charge is 0.478 e. The van der Waals surface area contributed by atoms with E-state index in [0.717, 1.165) is 28.6 Å². The highest BCUT2D eigenvalue weighted by Gasteiger charge is 2.21. The molecule has 108 valence electrons. The third-order valence-corrected chi connectivity index (χ3v) is 3.76. The van der Waals surface area contributed by atoms with Crippen molar-refractivity contribution in [3.63, 3.8) is 0 Å². The van der Waals surface area contributed by atoms with E-state index in [2.05, 4.69) is 24.5 Å². The minimum absolute atomic E-state index is 0.213. The van der Waals surface area contributed by atoms with Gasteiger partial charge in [-0.05, 0) is 63.9 Å². The highest BCUT2D eigenvalue weighted by Crippen LogP contribution is 2.32. The molecule has 1 aromatic heterocycles. The Kier molecular flexibility index (Phi) is 3.86. The number of benzene rings is 1. The second kappa shape index (κ2) is 5.29. The quantitative estimate of drug-likeness (QED) is 0.900. The van der Waals surface area contributed by atoms with Crippen molar-refractivity contribution in [2.45, 2.75) is 40.2 Å². The van der Waals surface area contributed by atoms with Crippen LogP contribution in [0.2, 0.25) is 0 Å². The van der Waals surface area contributed by atoms with Crippen LogP contribution in [0.1, 0.15) is 47.1 Å². The highest BCUT2D eigenvalue weighted by molar-refractivity contribution is 6.04. The Morgan fingerprint density at radius 1 is 1.35 bits per heavy atom. The maximum atomic E-state index is 11.6. The Labute approximate surface area is 119 Å². The number of hydrogen-bond donors (Lipinski definition) is 2. The molecule has 0 amide bonds. The van der Waals surface area contributed by atoms with Crippen LogP contribution in [-0.4, -0.2) is 22.2 Å². The summed E-state index contributed by atoms with van der Waals surface area (Å²) in [5.74, 6) is -0.877. The molecule has 0 atom stereocenters. The van der Waals surface area contributed by atoms with Crippen LogP contribution in [-0.2, 0) is 6.42 Å². The minimum atomic E-state index is -0.877. The molecule has 1 aromatic carbocycles. The van der Waals surface area contributed by atoms with Crippen LogP contribution >= 0.6 is 0 Å². The Morgan fingerprint density at radius 3 is 2.50 bits per heavy atom. The van der Waals surface area contributed by atoms with E-state index >= 15 is 0 Å². The lowest BCUT2D eigenvalue weighted by molar-refractivity contribution is 0.0698. The van der Waals surface area contributed by atoms with Crippen molar-refractivity contribution >= 4 is 16.9 Å². The summed E-state index contributed by atoms with van der Waals surface area (Å²) < 4.78 is 2.11. The Balaban J connectivity index is 2.96. The van der Waals surface area contributed by atoms with Crippen molar-refractivity contribution in [3.05, 3.63) is 34.5 Å². The number of aromatic carboxylic acids is 1. The number of carbonyl (C=O) groups is 1. The first-order valence-electron chi connectivity index (χ1n) is 6.95. The molecule has 20 heavy (non-hydrogen) atoms. The van der Waals surface area contributed by atoms with Gasteiger partial charge >= 0.3 is 5.97 Å². The molecule has 0 bridgehead atoms. The molecule has 0 aliphatic carbocycles. The molecule has 4 heteroatoms. The first-order valence-corrected chi connectivity index (χ1v) is 6.95. The smallest absolute Gasteiger partial charge is 0.337 e. The van der Waals surface area contributed by atoms with E-state index in [1.165, 1.54) is 5.56 Å². The van der Waals surface area contributed by atoms with Crippen LogP contribution in [0.5, 0.6) is 0 Å². The molecule has 3 N–H and O–H groups in total. The maximum Gasteiger partial charge on any atom is 0.337 e. The van der Waals surface area contributed by atoms with Crippen LogP contribution in [0.25, 0.3) is 10.9 Å². The number of carboxylic acids is 1. The standard InChI is InChI=1S/C16H22N2O2/c1-9(2)18-11(4)12(5-6-17)13-7-10(3)8-14(15(13)18)16(19)20/h7-9H,5-6,17H2,1-4H3,(H,19,20). The van der Waals surface area contributed by atoms with Gasteiger partial charge in [0.05, 0.1) is 11.1 Å². The number of nitrogens with zero attached hydrogens (tertiary/aromatic N) is 1. The molecule has 1 heterocycles. The highest BCUT2D eigenvalue weighted by atomic mass is 16.4. The van der Waals surface area contributed by atoms with Gasteiger partial charge in [0.2, 0.25) is 0 Å². The van der Waals surface area contributed by atoms with Crippen LogP contribution in [0.3, 0.4) is 0 Å². The van der Waals surface area contributed by atoms with E-state index in [-0.39, 0.29) is 6.04 Å². The molecule has 0 saturated heterocycles. The van der Waals surface area contributed by atoms with Gasteiger partial charge < -0.3 is 15.4 Å². The fraction of sp³-hybridized carbons (Fsp3) is 0.438. The normalized spacial score (nSPS) is 11.5. The zero-order valence-electron chi connectivity index (χ0n) is 12.5. The molecular weight excluding hydrogens is 252 g/mol. The summed E-state index contributed by atoms with van der Waals surface area (Å²) in [7, 11) is 0. The minimum Gasteiger partial charge on any atom is -0.478 e. The van der Waals surface area contributed by atoms with Crippen molar-refractivity contribution in [2.24, 2.45) is 5.73 Å². The van der Waals surface area contributed by atoms with Crippen molar-refractivity contribution in [1.29, 1.82) is 0 Å². The summed E-state index contributed by atoms with van der Waals surface area (Å²) in [6.07, 6.45) is 0.768. The van der Waals surface area contributed by atoms with E-state index in [9.17, 15) is 9.90 Å². The Morgan fingerprint density at radius 2 is 2.00 bits per heavy atom. The van der Waals surface area contributed by atoms with Crippen LogP contribution in [0, 0.1) is 13.8 Å². The van der Waals surface area contributed by atoms with E-state index in [0.29, 0.717) is 12.1 Å². The lowest BCUT2D eigenvalue weighted by atomic mass is 10.0. The van der Waals surface area contributed by atoms with E-state index in [1.807, 2.05) is 13.8 Å².